The van der Waals surface area contributed by atoms with Crippen molar-refractivity contribution >= 4 is 28.3 Å². The largest absolute Gasteiger partial charge is 0.351 e. The Kier molecular flexibility index (Phi) is 3.47. The number of rotatable bonds is 4. The van der Waals surface area contributed by atoms with Gasteiger partial charge in [-0.1, -0.05) is 12.1 Å². The van der Waals surface area contributed by atoms with Crippen LogP contribution in [-0.2, 0) is 6.42 Å². The lowest BCUT2D eigenvalue weighted by Gasteiger charge is -2.02. The van der Waals surface area contributed by atoms with Gasteiger partial charge in [0.25, 0.3) is 5.91 Å². The van der Waals surface area contributed by atoms with Crippen LogP contribution >= 0.6 is 11.3 Å². The van der Waals surface area contributed by atoms with E-state index in [1.165, 1.54) is 11.3 Å². The molecule has 0 spiro atoms. The highest BCUT2D eigenvalue weighted by Crippen LogP contribution is 2.12. The number of nitrogens with one attached hydrogen (secondary N) is 2. The second-order valence-corrected chi connectivity index (χ2v) is 5.33. The molecule has 1 amide bonds. The van der Waals surface area contributed by atoms with E-state index < -0.39 is 0 Å². The van der Waals surface area contributed by atoms with Crippen LogP contribution in [0.25, 0.3) is 11.0 Å². The smallest absolute Gasteiger partial charge is 0.263 e. The number of imidazole rings is 1. The molecule has 2 heterocycles. The van der Waals surface area contributed by atoms with Crippen molar-refractivity contribution in [2.45, 2.75) is 13.3 Å². The third kappa shape index (κ3) is 2.55. The summed E-state index contributed by atoms with van der Waals surface area (Å²) in [5.74, 6) is 0.814. The number of fused-ring (bicyclic) bond motifs is 1. The Morgan fingerprint density at radius 1 is 1.40 bits per heavy atom. The summed E-state index contributed by atoms with van der Waals surface area (Å²) in [4.78, 5) is 24.4. The Bertz CT molecular complexity index is 713. The van der Waals surface area contributed by atoms with Gasteiger partial charge in [-0.2, -0.15) is 0 Å². The minimum absolute atomic E-state index is 0.0684. The Hall–Kier alpha value is -2.21. The number of hydrogen-bond acceptors (Lipinski definition) is 4. The molecule has 3 rings (SSSR count). The molecule has 5 nitrogen and oxygen atoms in total. The first-order valence-electron chi connectivity index (χ1n) is 6.36. The first kappa shape index (κ1) is 12.8. The number of amides is 1. The van der Waals surface area contributed by atoms with Crippen LogP contribution in [-0.4, -0.2) is 27.4 Å². The van der Waals surface area contributed by atoms with Crippen molar-refractivity contribution in [1.82, 2.24) is 20.3 Å². The lowest BCUT2D eigenvalue weighted by atomic mass is 10.3. The molecule has 3 aromatic rings. The highest BCUT2D eigenvalue weighted by molar-refractivity contribution is 7.11. The standard InChI is InChI=1S/C14H14N4OS/c1-9-13(20-8-16-9)14(19)15-7-6-12-17-10-4-2-3-5-11(10)18-12/h2-5,8H,6-7H2,1H3,(H,15,19)(H,17,18). The zero-order valence-corrected chi connectivity index (χ0v) is 11.8. The van der Waals surface area contributed by atoms with E-state index in [1.807, 2.05) is 31.2 Å². The second kappa shape index (κ2) is 5.42. The van der Waals surface area contributed by atoms with Crippen LogP contribution in [0, 0.1) is 6.92 Å². The predicted molar refractivity (Wildman–Crippen MR) is 79.0 cm³/mol. The number of aryl methyl sites for hydroxylation is 1. The number of nitrogens with zero attached hydrogens (tertiary/aromatic N) is 2. The van der Waals surface area contributed by atoms with Gasteiger partial charge in [0.15, 0.2) is 0 Å². The fraction of sp³-hybridized carbons (Fsp3) is 0.214. The Morgan fingerprint density at radius 3 is 3.00 bits per heavy atom. The Morgan fingerprint density at radius 2 is 2.25 bits per heavy atom. The average molecular weight is 286 g/mol. The third-order valence-corrected chi connectivity index (χ3v) is 3.96. The Balaban J connectivity index is 1.60. The average Bonchev–Trinajstić information content (AvgIpc) is 3.04. The summed E-state index contributed by atoms with van der Waals surface area (Å²) < 4.78 is 0. The molecule has 102 valence electrons. The summed E-state index contributed by atoms with van der Waals surface area (Å²) in [6, 6.07) is 7.89. The van der Waals surface area contributed by atoms with Gasteiger partial charge in [-0.25, -0.2) is 9.97 Å². The zero-order valence-electron chi connectivity index (χ0n) is 11.0. The van der Waals surface area contributed by atoms with Crippen LogP contribution in [0.2, 0.25) is 0 Å². The van der Waals surface area contributed by atoms with E-state index in [1.54, 1.807) is 5.51 Å². The van der Waals surface area contributed by atoms with E-state index >= 15 is 0 Å². The number of hydrogen-bond donors (Lipinski definition) is 2. The highest BCUT2D eigenvalue weighted by atomic mass is 32.1. The summed E-state index contributed by atoms with van der Waals surface area (Å²) in [7, 11) is 0. The maximum Gasteiger partial charge on any atom is 0.263 e. The maximum absolute atomic E-state index is 11.9. The number of aromatic nitrogens is 3. The van der Waals surface area contributed by atoms with Gasteiger partial charge in [0.2, 0.25) is 0 Å². The summed E-state index contributed by atoms with van der Waals surface area (Å²) >= 11 is 1.36. The number of para-hydroxylation sites is 2. The Labute approximate surface area is 120 Å². The highest BCUT2D eigenvalue weighted by Gasteiger charge is 2.11. The maximum atomic E-state index is 11.9. The van der Waals surface area contributed by atoms with Crippen LogP contribution in [0.5, 0.6) is 0 Å². The summed E-state index contributed by atoms with van der Waals surface area (Å²) in [6.07, 6.45) is 0.679. The first-order valence-corrected chi connectivity index (χ1v) is 7.24. The molecular formula is C14H14N4OS. The van der Waals surface area contributed by atoms with Gasteiger partial charge < -0.3 is 10.3 Å². The lowest BCUT2D eigenvalue weighted by molar-refractivity contribution is 0.0957. The van der Waals surface area contributed by atoms with Gasteiger partial charge in [-0.3, -0.25) is 4.79 Å². The van der Waals surface area contributed by atoms with Gasteiger partial charge in [0.1, 0.15) is 10.7 Å². The third-order valence-electron chi connectivity index (χ3n) is 3.04. The normalized spacial score (nSPS) is 10.8. The van der Waals surface area contributed by atoms with Gasteiger partial charge in [-0.05, 0) is 19.1 Å². The molecule has 1 aromatic carbocycles. The lowest BCUT2D eigenvalue weighted by Crippen LogP contribution is -2.25. The molecular weight excluding hydrogens is 272 g/mol. The van der Waals surface area contributed by atoms with Crippen molar-refractivity contribution < 1.29 is 4.79 Å². The fourth-order valence-electron chi connectivity index (χ4n) is 2.02. The van der Waals surface area contributed by atoms with Crippen molar-refractivity contribution in [2.75, 3.05) is 6.54 Å². The van der Waals surface area contributed by atoms with Gasteiger partial charge in [-0.15, -0.1) is 11.3 Å². The molecule has 0 bridgehead atoms. The van der Waals surface area contributed by atoms with E-state index in [9.17, 15) is 4.79 Å². The number of thiazole rings is 1. The summed E-state index contributed by atoms with van der Waals surface area (Å²) in [5, 5.41) is 2.89. The summed E-state index contributed by atoms with van der Waals surface area (Å²) in [5.41, 5.74) is 4.43. The number of benzene rings is 1. The van der Waals surface area contributed by atoms with Crippen molar-refractivity contribution in [1.29, 1.82) is 0 Å². The van der Waals surface area contributed by atoms with Crippen LogP contribution in [0.1, 0.15) is 21.2 Å². The molecule has 0 aliphatic carbocycles. The molecule has 0 aliphatic heterocycles. The zero-order chi connectivity index (χ0) is 13.9. The first-order chi connectivity index (χ1) is 9.74. The van der Waals surface area contributed by atoms with Crippen molar-refractivity contribution in [3.8, 4) is 0 Å². The van der Waals surface area contributed by atoms with Gasteiger partial charge in [0, 0.05) is 13.0 Å². The molecule has 0 fully saturated rings. The predicted octanol–water partition coefficient (Wildman–Crippen LogP) is 2.30. The monoisotopic (exact) mass is 286 g/mol. The molecule has 0 saturated carbocycles. The van der Waals surface area contributed by atoms with E-state index in [2.05, 4.69) is 20.3 Å². The van der Waals surface area contributed by atoms with E-state index in [0.717, 1.165) is 22.6 Å². The molecule has 0 saturated heterocycles. The molecule has 2 N–H and O–H groups in total. The van der Waals surface area contributed by atoms with E-state index in [4.69, 9.17) is 0 Å². The quantitative estimate of drug-likeness (QED) is 0.773. The molecule has 0 unspecified atom stereocenters. The van der Waals surface area contributed by atoms with Crippen LogP contribution < -0.4 is 5.32 Å². The van der Waals surface area contributed by atoms with Gasteiger partial charge >= 0.3 is 0 Å². The van der Waals surface area contributed by atoms with Crippen molar-refractivity contribution in [3.63, 3.8) is 0 Å². The fourth-order valence-corrected chi connectivity index (χ4v) is 2.74. The number of H-pyrrole nitrogens is 1. The molecule has 0 radical (unpaired) electrons. The summed E-state index contributed by atoms with van der Waals surface area (Å²) in [6.45, 7) is 2.39. The molecule has 0 aliphatic rings. The number of aromatic amines is 1. The molecule has 20 heavy (non-hydrogen) atoms. The van der Waals surface area contributed by atoms with E-state index in [0.29, 0.717) is 17.8 Å². The van der Waals surface area contributed by atoms with E-state index in [-0.39, 0.29) is 5.91 Å². The molecule has 0 atom stereocenters. The van der Waals surface area contributed by atoms with Crippen LogP contribution in [0.3, 0.4) is 0 Å². The number of carbonyl (C=O) groups excluding carboxylic acids is 1. The van der Waals surface area contributed by atoms with Crippen LogP contribution in [0.4, 0.5) is 0 Å². The number of carbonyl (C=O) groups is 1. The minimum atomic E-state index is -0.0684. The molecule has 6 heteroatoms. The topological polar surface area (TPSA) is 70.7 Å². The second-order valence-electron chi connectivity index (χ2n) is 4.47. The van der Waals surface area contributed by atoms with Crippen molar-refractivity contribution in [2.24, 2.45) is 0 Å². The SMILES string of the molecule is Cc1ncsc1C(=O)NCCc1nc2ccccc2[nH]1. The molecule has 2 aromatic heterocycles. The van der Waals surface area contributed by atoms with Crippen molar-refractivity contribution in [3.05, 3.63) is 46.2 Å². The van der Waals surface area contributed by atoms with Gasteiger partial charge in [0.05, 0.1) is 22.2 Å². The minimum Gasteiger partial charge on any atom is -0.351 e. The van der Waals surface area contributed by atoms with Crippen LogP contribution in [0.15, 0.2) is 29.8 Å².